The molecule has 1 aromatic heterocycles. The zero-order chi connectivity index (χ0) is 31.6. The first kappa shape index (κ1) is 32.7. The second kappa shape index (κ2) is 16.0. The molecule has 2 amide bonds. The fourth-order valence-corrected chi connectivity index (χ4v) is 6.89. The maximum Gasteiger partial charge on any atom is 0.328 e. The van der Waals surface area contributed by atoms with Crippen LogP contribution in [-0.2, 0) is 30.4 Å². The van der Waals surface area contributed by atoms with Crippen LogP contribution in [-0.4, -0.2) is 65.4 Å². The van der Waals surface area contributed by atoms with Gasteiger partial charge >= 0.3 is 5.97 Å². The third-order valence-corrected chi connectivity index (χ3v) is 9.18. The van der Waals surface area contributed by atoms with Crippen LogP contribution in [0.5, 0.6) is 0 Å². The molecule has 2 heterocycles. The quantitative estimate of drug-likeness (QED) is 0.120. The van der Waals surface area contributed by atoms with Crippen LogP contribution in [0.15, 0.2) is 54.6 Å². The Morgan fingerprint density at radius 3 is 2.44 bits per heavy atom. The third kappa shape index (κ3) is 8.32. The lowest BCUT2D eigenvalue weighted by molar-refractivity contribution is -0.155. The predicted octanol–water partition coefficient (Wildman–Crippen LogP) is 6.16. The average Bonchev–Trinajstić information content (AvgIpc) is 3.70. The van der Waals surface area contributed by atoms with Gasteiger partial charge < -0.3 is 14.6 Å². The number of para-hydroxylation sites is 1. The van der Waals surface area contributed by atoms with Gasteiger partial charge in [0.2, 0.25) is 11.8 Å². The van der Waals surface area contributed by atoms with E-state index in [-0.39, 0.29) is 29.9 Å². The Morgan fingerprint density at radius 1 is 0.978 bits per heavy atom. The Kier molecular flexibility index (Phi) is 11.7. The number of hydroxylamine groups is 1. The maximum absolute atomic E-state index is 13.8. The summed E-state index contributed by atoms with van der Waals surface area (Å²) in [6, 6.07) is 17.3. The van der Waals surface area contributed by atoms with Crippen LogP contribution in [0, 0.1) is 0 Å². The minimum Gasteiger partial charge on any atom is -0.461 e. The number of nitrogens with zero attached hydrogens (tertiary/aromatic N) is 2. The molecule has 1 aliphatic heterocycles. The molecule has 1 saturated carbocycles. The van der Waals surface area contributed by atoms with Gasteiger partial charge in [0.1, 0.15) is 12.1 Å². The van der Waals surface area contributed by atoms with Crippen molar-refractivity contribution in [2.45, 2.75) is 95.7 Å². The summed E-state index contributed by atoms with van der Waals surface area (Å²) in [6.07, 6.45) is 8.95. The molecule has 45 heavy (non-hydrogen) atoms. The van der Waals surface area contributed by atoms with Crippen LogP contribution >= 0.6 is 0 Å². The molecular formula is C36H48N4O5. The molecule has 0 radical (unpaired) electrons. The number of amides is 2. The summed E-state index contributed by atoms with van der Waals surface area (Å²) >= 11 is 0. The van der Waals surface area contributed by atoms with Gasteiger partial charge in [0, 0.05) is 42.5 Å². The first-order valence-electron chi connectivity index (χ1n) is 16.7. The molecular weight excluding hydrogens is 568 g/mol. The summed E-state index contributed by atoms with van der Waals surface area (Å²) in [6.45, 7) is 3.39. The van der Waals surface area contributed by atoms with Gasteiger partial charge in [-0.3, -0.25) is 19.3 Å². The van der Waals surface area contributed by atoms with Gasteiger partial charge in [-0.1, -0.05) is 61.4 Å². The summed E-state index contributed by atoms with van der Waals surface area (Å²) in [7, 11) is 1.97. The van der Waals surface area contributed by atoms with Crippen LogP contribution < -0.4 is 5.48 Å². The highest BCUT2D eigenvalue weighted by atomic mass is 16.6. The first-order valence-corrected chi connectivity index (χ1v) is 16.7. The molecule has 242 valence electrons. The second-order valence-electron chi connectivity index (χ2n) is 12.4. The normalized spacial score (nSPS) is 17.4. The number of rotatable bonds is 15. The molecule has 5 rings (SSSR count). The number of fused-ring (bicyclic) bond motifs is 3. The monoisotopic (exact) mass is 616 g/mol. The summed E-state index contributed by atoms with van der Waals surface area (Å²) in [4.78, 5) is 52.0. The van der Waals surface area contributed by atoms with Crippen molar-refractivity contribution in [1.29, 1.82) is 0 Å². The van der Waals surface area contributed by atoms with Crippen LogP contribution in [0.1, 0.15) is 100 Å². The van der Waals surface area contributed by atoms with E-state index in [4.69, 9.17) is 9.57 Å². The number of aromatic amines is 1. The highest BCUT2D eigenvalue weighted by Gasteiger charge is 2.37. The number of nitrogens with one attached hydrogen (secondary N) is 2. The Bertz CT molecular complexity index is 1420. The van der Waals surface area contributed by atoms with E-state index in [1.165, 1.54) is 10.9 Å². The van der Waals surface area contributed by atoms with E-state index in [9.17, 15) is 14.4 Å². The van der Waals surface area contributed by atoms with E-state index in [1.807, 2.05) is 55.3 Å². The molecule has 1 unspecified atom stereocenters. The molecule has 0 saturated heterocycles. The predicted molar refractivity (Wildman–Crippen MR) is 174 cm³/mol. The van der Waals surface area contributed by atoms with Crippen LogP contribution in [0.25, 0.3) is 10.9 Å². The van der Waals surface area contributed by atoms with Crippen molar-refractivity contribution in [2.24, 2.45) is 0 Å². The average molecular weight is 617 g/mol. The summed E-state index contributed by atoms with van der Waals surface area (Å²) in [5.74, 6) is -0.212. The van der Waals surface area contributed by atoms with Crippen molar-refractivity contribution in [2.75, 3.05) is 26.7 Å². The minimum absolute atomic E-state index is 0.0239. The number of hydrogen-bond acceptors (Lipinski definition) is 6. The van der Waals surface area contributed by atoms with Gasteiger partial charge in [-0.15, -0.1) is 0 Å². The second-order valence-corrected chi connectivity index (χ2v) is 12.4. The summed E-state index contributed by atoms with van der Waals surface area (Å²) < 4.78 is 6.05. The van der Waals surface area contributed by atoms with E-state index in [1.54, 1.807) is 0 Å². The van der Waals surface area contributed by atoms with Gasteiger partial charge in [0.15, 0.2) is 0 Å². The van der Waals surface area contributed by atoms with Crippen molar-refractivity contribution in [3.63, 3.8) is 0 Å². The number of esters is 1. The molecule has 1 fully saturated rings. The van der Waals surface area contributed by atoms with E-state index < -0.39 is 6.04 Å². The molecule has 2 aromatic carbocycles. The molecule has 9 heteroatoms. The lowest BCUT2D eigenvalue weighted by Crippen LogP contribution is -2.46. The number of carbonyl (C=O) groups is 3. The number of benzene rings is 2. The van der Waals surface area contributed by atoms with Crippen LogP contribution in [0.2, 0.25) is 0 Å². The molecule has 3 aromatic rings. The van der Waals surface area contributed by atoms with Crippen molar-refractivity contribution in [1.82, 2.24) is 20.3 Å². The van der Waals surface area contributed by atoms with E-state index >= 15 is 0 Å². The number of hydrogen-bond donors (Lipinski definition) is 2. The number of likely N-dealkylation sites (N-methyl/N-ethyl adjacent to an activating group) is 1. The van der Waals surface area contributed by atoms with Gasteiger partial charge in [0.25, 0.3) is 0 Å². The lowest BCUT2D eigenvalue weighted by atomic mass is 9.95. The van der Waals surface area contributed by atoms with Gasteiger partial charge in [-0.25, -0.2) is 10.3 Å². The van der Waals surface area contributed by atoms with Crippen molar-refractivity contribution in [3.05, 3.63) is 71.4 Å². The van der Waals surface area contributed by atoms with E-state index in [2.05, 4.69) is 33.6 Å². The number of unbranched alkanes of at least 4 members (excludes halogenated alkanes) is 3. The van der Waals surface area contributed by atoms with Crippen molar-refractivity contribution < 1.29 is 24.0 Å². The number of aromatic nitrogens is 1. The zero-order valence-electron chi connectivity index (χ0n) is 26.8. The van der Waals surface area contributed by atoms with Gasteiger partial charge in [-0.05, 0) is 76.1 Å². The molecule has 2 atom stereocenters. The largest absolute Gasteiger partial charge is 0.461 e. The number of H-pyrrole nitrogens is 1. The standard InChI is InChI=1S/C36H48N4O5/c1-3-44-38-32(41)21-9-4-5-10-22-33(42)40-24-23-29-28-19-13-14-20-30(28)37-34(29)31(40)25-39(2)35(26-15-7-6-8-16-26)36(43)45-27-17-11-12-18-27/h6-8,13-16,19-20,27,31,35,37H,3-5,9-12,17-18,21-25H2,1-2H3,(H,38,41)/t31?,35-/m0/s1. The minimum atomic E-state index is -0.571. The molecule has 0 spiro atoms. The Balaban J connectivity index is 1.30. The topological polar surface area (TPSA) is 104 Å². The van der Waals surface area contributed by atoms with Crippen LogP contribution in [0.4, 0.5) is 0 Å². The molecule has 1 aliphatic carbocycles. The van der Waals surface area contributed by atoms with Crippen molar-refractivity contribution in [3.8, 4) is 0 Å². The third-order valence-electron chi connectivity index (χ3n) is 9.18. The van der Waals surface area contributed by atoms with Gasteiger partial charge in [-0.2, -0.15) is 0 Å². The zero-order valence-corrected chi connectivity index (χ0v) is 26.8. The first-order chi connectivity index (χ1) is 22.0. The van der Waals surface area contributed by atoms with Crippen molar-refractivity contribution >= 4 is 28.7 Å². The number of ether oxygens (including phenoxy) is 1. The lowest BCUT2D eigenvalue weighted by Gasteiger charge is -2.39. The fourth-order valence-electron chi connectivity index (χ4n) is 6.89. The van der Waals surface area contributed by atoms with Gasteiger partial charge in [0.05, 0.1) is 12.6 Å². The maximum atomic E-state index is 13.8. The molecule has 0 bridgehead atoms. The highest BCUT2D eigenvalue weighted by Crippen LogP contribution is 2.37. The SMILES string of the molecule is CCONC(=O)CCCCCCC(=O)N1CCc2c([nH]c3ccccc23)C1CN(C)[C@H](C(=O)OC1CCCC1)c1ccccc1. The smallest absolute Gasteiger partial charge is 0.328 e. The summed E-state index contributed by atoms with van der Waals surface area (Å²) in [5, 5.41) is 1.20. The highest BCUT2D eigenvalue weighted by molar-refractivity contribution is 5.86. The number of carbonyl (C=O) groups excluding carboxylic acids is 3. The Morgan fingerprint density at radius 2 is 1.69 bits per heavy atom. The van der Waals surface area contributed by atoms with E-state index in [0.29, 0.717) is 32.5 Å². The van der Waals surface area contributed by atoms with Crippen LogP contribution in [0.3, 0.4) is 0 Å². The fraction of sp³-hybridized carbons (Fsp3) is 0.528. The Labute approximate surface area is 266 Å². The molecule has 2 N–H and O–H groups in total. The molecule has 9 nitrogen and oxygen atoms in total. The molecule has 2 aliphatic rings. The van der Waals surface area contributed by atoms with E-state index in [0.717, 1.165) is 74.6 Å². The summed E-state index contributed by atoms with van der Waals surface area (Å²) in [5.41, 5.74) is 6.70. The Hall–Kier alpha value is -3.69.